The van der Waals surface area contributed by atoms with Gasteiger partial charge in [-0.1, -0.05) is 18.2 Å². The van der Waals surface area contributed by atoms with Crippen molar-refractivity contribution in [2.45, 2.75) is 37.3 Å². The van der Waals surface area contributed by atoms with E-state index in [9.17, 15) is 9.90 Å². The summed E-state index contributed by atoms with van der Waals surface area (Å²) in [6, 6.07) is 6.19. The number of anilines is 1. The van der Waals surface area contributed by atoms with Gasteiger partial charge in [0.2, 0.25) is 0 Å². The fourth-order valence-corrected chi connectivity index (χ4v) is 6.17. The van der Waals surface area contributed by atoms with Gasteiger partial charge in [-0.2, -0.15) is 0 Å². The van der Waals surface area contributed by atoms with Crippen molar-refractivity contribution in [3.63, 3.8) is 0 Å². The number of hydrogen-bond acceptors (Lipinski definition) is 6. The molecule has 3 aliphatic heterocycles. The molecular formula is C22H26N2O4. The fourth-order valence-electron chi connectivity index (χ4n) is 6.17. The highest BCUT2D eigenvalue weighted by Gasteiger charge is 2.67. The Bertz CT molecular complexity index is 921. The lowest BCUT2D eigenvalue weighted by Crippen LogP contribution is -2.62. The maximum atomic E-state index is 12.8. The molecule has 1 fully saturated rings. The van der Waals surface area contributed by atoms with Gasteiger partial charge in [0, 0.05) is 42.0 Å². The Labute approximate surface area is 164 Å². The van der Waals surface area contributed by atoms with E-state index >= 15 is 0 Å². The second kappa shape index (κ2) is 5.84. The molecule has 0 aromatic heterocycles. The van der Waals surface area contributed by atoms with E-state index in [1.807, 2.05) is 19.1 Å². The molecule has 2 N–H and O–H groups in total. The largest absolute Gasteiger partial charge is 0.497 e. The summed E-state index contributed by atoms with van der Waals surface area (Å²) in [5, 5.41) is 14.5. The summed E-state index contributed by atoms with van der Waals surface area (Å²) in [6.07, 6.45) is 5.06. The molecule has 148 valence electrons. The third-order valence-corrected chi connectivity index (χ3v) is 7.31. The number of benzene rings is 1. The molecule has 0 saturated carbocycles. The van der Waals surface area contributed by atoms with E-state index in [0.29, 0.717) is 12.0 Å². The lowest BCUT2D eigenvalue weighted by molar-refractivity contribution is -0.137. The molecule has 0 bridgehead atoms. The lowest BCUT2D eigenvalue weighted by atomic mass is 9.54. The second-order valence-corrected chi connectivity index (χ2v) is 8.37. The third kappa shape index (κ3) is 1.97. The maximum Gasteiger partial charge on any atom is 0.335 e. The van der Waals surface area contributed by atoms with E-state index in [1.54, 1.807) is 7.11 Å². The first-order chi connectivity index (χ1) is 13.5. The minimum atomic E-state index is -0.588. The van der Waals surface area contributed by atoms with Gasteiger partial charge in [0.05, 0.1) is 31.3 Å². The van der Waals surface area contributed by atoms with Crippen molar-refractivity contribution in [1.29, 1.82) is 0 Å². The molecule has 28 heavy (non-hydrogen) atoms. The normalized spacial score (nSPS) is 33.6. The van der Waals surface area contributed by atoms with Crippen LogP contribution in [0.5, 0.6) is 5.75 Å². The molecule has 1 aromatic rings. The molecule has 3 heterocycles. The van der Waals surface area contributed by atoms with Crippen molar-refractivity contribution in [3.05, 3.63) is 47.2 Å². The van der Waals surface area contributed by atoms with Crippen molar-refractivity contribution >= 4 is 11.7 Å². The molecular weight excluding hydrogens is 356 g/mol. The number of esters is 1. The summed E-state index contributed by atoms with van der Waals surface area (Å²) in [5.41, 5.74) is 2.87. The SMILES string of the molecule is COC(=O)C1=C2Nc3cc(OC)ccc3[C@@]23CCN2CC=C[C@@](C(C)O)(C1)[C@@H]23. The minimum Gasteiger partial charge on any atom is -0.497 e. The van der Waals surface area contributed by atoms with Crippen LogP contribution in [-0.2, 0) is 14.9 Å². The molecule has 0 radical (unpaired) electrons. The molecule has 1 aromatic carbocycles. The number of carbonyl (C=O) groups excluding carboxylic acids is 1. The van der Waals surface area contributed by atoms with Crippen LogP contribution in [-0.4, -0.2) is 55.4 Å². The van der Waals surface area contributed by atoms with Crippen molar-refractivity contribution in [2.75, 3.05) is 32.6 Å². The van der Waals surface area contributed by atoms with Crippen LogP contribution in [0.15, 0.2) is 41.6 Å². The molecule has 1 saturated heterocycles. The van der Waals surface area contributed by atoms with Crippen molar-refractivity contribution in [1.82, 2.24) is 4.90 Å². The van der Waals surface area contributed by atoms with Gasteiger partial charge in [-0.05, 0) is 31.4 Å². The van der Waals surface area contributed by atoms with Crippen LogP contribution in [0.1, 0.15) is 25.3 Å². The minimum absolute atomic E-state index is 0.0931. The van der Waals surface area contributed by atoms with Crippen LogP contribution >= 0.6 is 0 Å². The first-order valence-corrected chi connectivity index (χ1v) is 9.85. The second-order valence-electron chi connectivity index (χ2n) is 8.37. The molecule has 1 aliphatic carbocycles. The lowest BCUT2D eigenvalue weighted by Gasteiger charge is -2.55. The van der Waals surface area contributed by atoms with Gasteiger partial charge in [0.1, 0.15) is 5.75 Å². The highest BCUT2D eigenvalue weighted by atomic mass is 16.5. The zero-order valence-electron chi connectivity index (χ0n) is 16.5. The highest BCUT2D eigenvalue weighted by Crippen LogP contribution is 2.64. The van der Waals surface area contributed by atoms with E-state index in [1.165, 1.54) is 12.7 Å². The number of aliphatic hydroxyl groups excluding tert-OH is 1. The highest BCUT2D eigenvalue weighted by molar-refractivity contribution is 5.93. The number of nitrogens with zero attached hydrogens (tertiary/aromatic N) is 1. The average Bonchev–Trinajstić information content (AvgIpc) is 3.26. The van der Waals surface area contributed by atoms with Gasteiger partial charge in [-0.25, -0.2) is 4.79 Å². The number of fused-ring (bicyclic) bond motifs is 1. The molecule has 4 atom stereocenters. The Morgan fingerprint density at radius 1 is 1.39 bits per heavy atom. The van der Waals surface area contributed by atoms with E-state index < -0.39 is 11.5 Å². The Morgan fingerprint density at radius 2 is 2.21 bits per heavy atom. The fraction of sp³-hybridized carbons (Fsp3) is 0.500. The van der Waals surface area contributed by atoms with Crippen LogP contribution in [0.2, 0.25) is 0 Å². The summed E-state index contributed by atoms with van der Waals surface area (Å²) in [5.74, 6) is 0.458. The quantitative estimate of drug-likeness (QED) is 0.617. The predicted octanol–water partition coefficient (Wildman–Crippen LogP) is 2.20. The third-order valence-electron chi connectivity index (χ3n) is 7.31. The first-order valence-electron chi connectivity index (χ1n) is 9.85. The monoisotopic (exact) mass is 382 g/mol. The molecule has 6 heteroatoms. The number of aliphatic hydroxyl groups is 1. The summed E-state index contributed by atoms with van der Waals surface area (Å²) < 4.78 is 10.6. The first kappa shape index (κ1) is 17.8. The topological polar surface area (TPSA) is 71.0 Å². The van der Waals surface area contributed by atoms with Crippen LogP contribution in [0, 0.1) is 5.41 Å². The van der Waals surface area contributed by atoms with Gasteiger partial charge >= 0.3 is 5.97 Å². The van der Waals surface area contributed by atoms with E-state index in [2.05, 4.69) is 28.4 Å². The number of hydrogen-bond donors (Lipinski definition) is 2. The molecule has 1 unspecified atom stereocenters. The van der Waals surface area contributed by atoms with Gasteiger partial charge < -0.3 is 19.9 Å². The Morgan fingerprint density at radius 3 is 2.93 bits per heavy atom. The Kier molecular flexibility index (Phi) is 3.71. The van der Waals surface area contributed by atoms with Gasteiger partial charge in [0.25, 0.3) is 0 Å². The Balaban J connectivity index is 1.82. The van der Waals surface area contributed by atoms with Crippen LogP contribution in [0.3, 0.4) is 0 Å². The van der Waals surface area contributed by atoms with Crippen molar-refractivity contribution in [3.8, 4) is 5.75 Å². The molecule has 6 nitrogen and oxygen atoms in total. The van der Waals surface area contributed by atoms with Crippen molar-refractivity contribution < 1.29 is 19.4 Å². The summed E-state index contributed by atoms with van der Waals surface area (Å²) in [4.78, 5) is 15.3. The van der Waals surface area contributed by atoms with Crippen LogP contribution in [0.4, 0.5) is 5.69 Å². The van der Waals surface area contributed by atoms with Crippen molar-refractivity contribution in [2.24, 2.45) is 5.41 Å². The summed E-state index contributed by atoms with van der Waals surface area (Å²) in [6.45, 7) is 3.64. The van der Waals surface area contributed by atoms with E-state index in [0.717, 1.165) is 36.6 Å². The number of carbonyl (C=O) groups is 1. The van der Waals surface area contributed by atoms with Crippen LogP contribution < -0.4 is 10.1 Å². The molecule has 0 amide bonds. The number of rotatable bonds is 3. The van der Waals surface area contributed by atoms with Gasteiger partial charge in [-0.15, -0.1) is 0 Å². The van der Waals surface area contributed by atoms with Gasteiger partial charge in [-0.3, -0.25) is 4.90 Å². The summed E-state index contributed by atoms with van der Waals surface area (Å²) >= 11 is 0. The number of ether oxygens (including phenoxy) is 2. The molecule has 1 spiro atoms. The van der Waals surface area contributed by atoms with Crippen LogP contribution in [0.25, 0.3) is 0 Å². The average molecular weight is 382 g/mol. The van der Waals surface area contributed by atoms with Gasteiger partial charge in [0.15, 0.2) is 0 Å². The van der Waals surface area contributed by atoms with E-state index in [4.69, 9.17) is 9.47 Å². The zero-order valence-corrected chi connectivity index (χ0v) is 16.5. The standard InChI is InChI=1S/C22H26N2O4/c1-13(25)21-7-4-9-24-10-8-22(20(21)24)16-6-5-14(27-2)11-17(16)23-18(22)15(12-21)19(26)28-3/h4-7,11,13,20,23,25H,8-10,12H2,1-3H3/t13?,20-,21+,22+/m1/s1. The van der Waals surface area contributed by atoms with E-state index in [-0.39, 0.29) is 17.4 Å². The number of methoxy groups -OCH3 is 2. The maximum absolute atomic E-state index is 12.8. The Hall–Kier alpha value is -2.31. The number of nitrogens with one attached hydrogen (secondary N) is 1. The predicted molar refractivity (Wildman–Crippen MR) is 105 cm³/mol. The molecule has 4 aliphatic rings. The zero-order chi connectivity index (χ0) is 19.7. The summed E-state index contributed by atoms with van der Waals surface area (Å²) in [7, 11) is 3.08. The smallest absolute Gasteiger partial charge is 0.335 e. The molecule has 5 rings (SSSR count).